The van der Waals surface area contributed by atoms with Crippen LogP contribution in [-0.4, -0.2) is 61.3 Å². The number of anilines is 1. The van der Waals surface area contributed by atoms with Crippen molar-refractivity contribution in [3.05, 3.63) is 30.3 Å². The van der Waals surface area contributed by atoms with Crippen LogP contribution in [0.1, 0.15) is 0 Å². The lowest BCUT2D eigenvalue weighted by atomic mass is 10.3. The van der Waals surface area contributed by atoms with Crippen LogP contribution in [0.2, 0.25) is 0 Å². The lowest BCUT2D eigenvalue weighted by Gasteiger charge is -2.23. The van der Waals surface area contributed by atoms with Crippen molar-refractivity contribution in [3.63, 3.8) is 0 Å². The molecule has 0 fully saturated rings. The molecule has 1 unspecified atom stereocenters. The van der Waals surface area contributed by atoms with Crippen molar-refractivity contribution in [1.29, 1.82) is 0 Å². The summed E-state index contributed by atoms with van der Waals surface area (Å²) in [6.07, 6.45) is -0.550. The molecule has 0 aromatic heterocycles. The molecule has 1 aromatic carbocycles. The number of urea groups is 1. The second kappa shape index (κ2) is 6.98. The van der Waals surface area contributed by atoms with Gasteiger partial charge in [0.25, 0.3) is 0 Å². The molecule has 5 heteroatoms. The highest BCUT2D eigenvalue weighted by Crippen LogP contribution is 2.06. The van der Waals surface area contributed by atoms with E-state index in [9.17, 15) is 9.90 Å². The first kappa shape index (κ1) is 14.5. The molecule has 0 heterocycles. The molecule has 0 aliphatic heterocycles. The Balaban J connectivity index is 2.42. The molecule has 0 saturated heterocycles. The minimum atomic E-state index is -0.550. The number of benzene rings is 1. The van der Waals surface area contributed by atoms with Crippen LogP contribution in [0, 0.1) is 0 Å². The zero-order valence-corrected chi connectivity index (χ0v) is 11.1. The molecular formula is C13H21N3O2. The van der Waals surface area contributed by atoms with E-state index in [1.807, 2.05) is 49.3 Å². The van der Waals surface area contributed by atoms with Gasteiger partial charge < -0.3 is 20.2 Å². The molecule has 1 atom stereocenters. The van der Waals surface area contributed by atoms with E-state index < -0.39 is 6.10 Å². The summed E-state index contributed by atoms with van der Waals surface area (Å²) < 4.78 is 0. The van der Waals surface area contributed by atoms with Crippen LogP contribution in [0.3, 0.4) is 0 Å². The van der Waals surface area contributed by atoms with Gasteiger partial charge in [-0.3, -0.25) is 0 Å². The number of carbonyl (C=O) groups is 1. The molecular weight excluding hydrogens is 230 g/mol. The van der Waals surface area contributed by atoms with E-state index in [0.29, 0.717) is 13.1 Å². The van der Waals surface area contributed by atoms with Crippen LogP contribution in [0.5, 0.6) is 0 Å². The van der Waals surface area contributed by atoms with Gasteiger partial charge in [-0.05, 0) is 26.2 Å². The van der Waals surface area contributed by atoms with Crippen molar-refractivity contribution < 1.29 is 9.90 Å². The van der Waals surface area contributed by atoms with Crippen LogP contribution in [0.4, 0.5) is 10.5 Å². The van der Waals surface area contributed by atoms with Crippen LogP contribution in [0.25, 0.3) is 0 Å². The third-order valence-corrected chi connectivity index (χ3v) is 2.43. The number of likely N-dealkylation sites (N-methyl/N-ethyl adjacent to an activating group) is 2. The lowest BCUT2D eigenvalue weighted by molar-refractivity contribution is 0.108. The molecule has 0 spiro atoms. The molecule has 0 bridgehead atoms. The van der Waals surface area contributed by atoms with E-state index in [-0.39, 0.29) is 6.03 Å². The summed E-state index contributed by atoms with van der Waals surface area (Å²) in [5.41, 5.74) is 0.747. The maximum Gasteiger partial charge on any atom is 0.321 e. The minimum Gasteiger partial charge on any atom is -0.390 e. The van der Waals surface area contributed by atoms with E-state index in [0.717, 1.165) is 5.69 Å². The monoisotopic (exact) mass is 251 g/mol. The van der Waals surface area contributed by atoms with Crippen molar-refractivity contribution in [1.82, 2.24) is 9.80 Å². The van der Waals surface area contributed by atoms with Gasteiger partial charge in [0.05, 0.1) is 6.10 Å². The van der Waals surface area contributed by atoms with Crippen LogP contribution >= 0.6 is 0 Å². The minimum absolute atomic E-state index is 0.223. The Morgan fingerprint density at radius 2 is 1.83 bits per heavy atom. The van der Waals surface area contributed by atoms with Crippen molar-refractivity contribution >= 4 is 11.7 Å². The Morgan fingerprint density at radius 3 is 2.39 bits per heavy atom. The fourth-order valence-electron chi connectivity index (χ4n) is 1.62. The topological polar surface area (TPSA) is 55.8 Å². The molecule has 100 valence electrons. The van der Waals surface area contributed by atoms with Gasteiger partial charge in [0.2, 0.25) is 0 Å². The standard InChI is InChI=1S/C13H21N3O2/c1-15(2)9-12(17)10-16(3)13(18)14-11-7-5-4-6-8-11/h4-8,12,17H,9-10H2,1-3H3,(H,14,18). The summed E-state index contributed by atoms with van der Waals surface area (Å²) in [6.45, 7) is 0.833. The van der Waals surface area contributed by atoms with Crippen LogP contribution in [-0.2, 0) is 0 Å². The summed E-state index contributed by atoms with van der Waals surface area (Å²) in [6, 6.07) is 9.02. The van der Waals surface area contributed by atoms with Gasteiger partial charge in [-0.1, -0.05) is 18.2 Å². The molecule has 1 rings (SSSR count). The quantitative estimate of drug-likeness (QED) is 0.823. The summed E-state index contributed by atoms with van der Waals surface area (Å²) in [5.74, 6) is 0. The first-order valence-corrected chi connectivity index (χ1v) is 5.89. The van der Waals surface area contributed by atoms with E-state index >= 15 is 0 Å². The number of amides is 2. The number of aliphatic hydroxyl groups excluding tert-OH is 1. The Labute approximate surface area is 108 Å². The van der Waals surface area contributed by atoms with Crippen molar-refractivity contribution in [3.8, 4) is 0 Å². The van der Waals surface area contributed by atoms with Gasteiger partial charge in [0.1, 0.15) is 0 Å². The molecule has 0 aliphatic carbocycles. The average molecular weight is 251 g/mol. The predicted octanol–water partition coefficient (Wildman–Crippen LogP) is 1.07. The maximum absolute atomic E-state index is 11.8. The summed E-state index contributed by atoms with van der Waals surface area (Å²) >= 11 is 0. The molecule has 1 aromatic rings. The summed E-state index contributed by atoms with van der Waals surface area (Å²) in [4.78, 5) is 15.2. The number of nitrogens with one attached hydrogen (secondary N) is 1. The number of aliphatic hydroxyl groups is 1. The second-order valence-electron chi connectivity index (χ2n) is 4.59. The summed E-state index contributed by atoms with van der Waals surface area (Å²) in [7, 11) is 5.43. The maximum atomic E-state index is 11.8. The number of nitrogens with zero attached hydrogens (tertiary/aromatic N) is 2. The number of hydrogen-bond acceptors (Lipinski definition) is 3. The van der Waals surface area contributed by atoms with E-state index in [2.05, 4.69) is 5.32 Å². The molecule has 18 heavy (non-hydrogen) atoms. The third kappa shape index (κ3) is 5.16. The zero-order chi connectivity index (χ0) is 13.5. The van der Waals surface area contributed by atoms with Crippen molar-refractivity contribution in [2.24, 2.45) is 0 Å². The Bertz CT molecular complexity index is 368. The van der Waals surface area contributed by atoms with Crippen LogP contribution < -0.4 is 5.32 Å². The number of hydrogen-bond donors (Lipinski definition) is 2. The molecule has 2 amide bonds. The van der Waals surface area contributed by atoms with Crippen molar-refractivity contribution in [2.45, 2.75) is 6.10 Å². The van der Waals surface area contributed by atoms with Gasteiger partial charge in [0.15, 0.2) is 0 Å². The molecule has 0 aliphatic rings. The van der Waals surface area contributed by atoms with E-state index in [4.69, 9.17) is 0 Å². The smallest absolute Gasteiger partial charge is 0.321 e. The molecule has 0 radical (unpaired) electrons. The first-order chi connectivity index (χ1) is 8.49. The molecule has 0 saturated carbocycles. The zero-order valence-electron chi connectivity index (χ0n) is 11.1. The number of para-hydroxylation sites is 1. The highest BCUT2D eigenvalue weighted by atomic mass is 16.3. The second-order valence-corrected chi connectivity index (χ2v) is 4.59. The van der Waals surface area contributed by atoms with E-state index in [1.54, 1.807) is 7.05 Å². The lowest BCUT2D eigenvalue weighted by Crippen LogP contribution is -2.40. The molecule has 2 N–H and O–H groups in total. The van der Waals surface area contributed by atoms with Gasteiger partial charge in [-0.2, -0.15) is 0 Å². The number of rotatable bonds is 5. The average Bonchev–Trinajstić information content (AvgIpc) is 2.28. The SMILES string of the molecule is CN(C)CC(O)CN(C)C(=O)Nc1ccccc1. The predicted molar refractivity (Wildman–Crippen MR) is 72.7 cm³/mol. The fraction of sp³-hybridized carbons (Fsp3) is 0.462. The van der Waals surface area contributed by atoms with Crippen molar-refractivity contribution in [2.75, 3.05) is 39.5 Å². The Morgan fingerprint density at radius 1 is 1.22 bits per heavy atom. The third-order valence-electron chi connectivity index (χ3n) is 2.43. The highest BCUT2D eigenvalue weighted by Gasteiger charge is 2.14. The highest BCUT2D eigenvalue weighted by molar-refractivity contribution is 5.89. The normalized spacial score (nSPS) is 12.3. The van der Waals surface area contributed by atoms with Gasteiger partial charge >= 0.3 is 6.03 Å². The van der Waals surface area contributed by atoms with Gasteiger partial charge in [-0.15, -0.1) is 0 Å². The van der Waals surface area contributed by atoms with Crippen LogP contribution in [0.15, 0.2) is 30.3 Å². The summed E-state index contributed by atoms with van der Waals surface area (Å²) in [5, 5.41) is 12.5. The Hall–Kier alpha value is -1.59. The van der Waals surface area contributed by atoms with E-state index in [1.165, 1.54) is 4.90 Å². The Kier molecular flexibility index (Phi) is 5.61. The first-order valence-electron chi connectivity index (χ1n) is 5.89. The number of carbonyl (C=O) groups excluding carboxylic acids is 1. The molecule has 5 nitrogen and oxygen atoms in total. The largest absolute Gasteiger partial charge is 0.390 e. The fourth-order valence-corrected chi connectivity index (χ4v) is 1.62. The van der Waals surface area contributed by atoms with Gasteiger partial charge in [0, 0.05) is 25.8 Å². The van der Waals surface area contributed by atoms with Gasteiger partial charge in [-0.25, -0.2) is 4.79 Å².